The van der Waals surface area contributed by atoms with E-state index in [0.29, 0.717) is 22.6 Å². The molecule has 1 aliphatic rings. The van der Waals surface area contributed by atoms with Crippen LogP contribution in [-0.2, 0) is 40.1 Å². The van der Waals surface area contributed by atoms with Crippen LogP contribution in [0, 0.1) is 0 Å². The molecule has 0 bridgehead atoms. The average Bonchev–Trinajstić information content (AvgIpc) is 3.32. The first-order valence-corrected chi connectivity index (χ1v) is 14.3. The Hall–Kier alpha value is -2.90. The highest BCUT2D eigenvalue weighted by molar-refractivity contribution is 8.14. The normalized spacial score (nSPS) is 11.5. The lowest BCUT2D eigenvalue weighted by Gasteiger charge is -2.16. The number of methoxy groups -OCH3 is 1. The lowest BCUT2D eigenvalue weighted by molar-refractivity contribution is -0.137. The standard InChI is InChI=1S/C18H20F3N3OS.C3H9N.C2H7N.C2H4O2.C2H6.CH2O/c1-2-26-16(13-5-7-15(8-6-13)18(19,20)21)22-11-14-12-23-9-3-4-10-24(23)17(14)25;1-2-3-4;1-3-2;1-4-2-3;2*1-2/h5-8,12H,2-4,9-11H2,1H3;2-4H2,1H3;3H,1-2H3;2H,1H3;1-2H3;1H2. The lowest BCUT2D eigenvalue weighted by atomic mass is 10.1. The molecule has 0 atom stereocenters. The van der Waals surface area contributed by atoms with E-state index in [2.05, 4.69) is 22.0 Å². The molecule has 0 spiro atoms. The Labute approximate surface area is 246 Å². The fourth-order valence-electron chi connectivity index (χ4n) is 2.96. The fourth-order valence-corrected chi connectivity index (χ4v) is 3.69. The molecule has 0 radical (unpaired) electrons. The predicted molar refractivity (Wildman–Crippen MR) is 164 cm³/mol. The number of carbonyl (C=O) groups is 2. The number of hydrogen-bond donors (Lipinski definition) is 2. The predicted octanol–water partition coefficient (Wildman–Crippen LogP) is 4.98. The number of nitrogens with one attached hydrogen (secondary N) is 1. The van der Waals surface area contributed by atoms with Crippen molar-refractivity contribution in [3.63, 3.8) is 0 Å². The van der Waals surface area contributed by atoms with Crippen molar-refractivity contribution in [3.05, 3.63) is 57.5 Å². The molecule has 0 amide bonds. The van der Waals surface area contributed by atoms with E-state index in [4.69, 9.17) is 15.3 Å². The second kappa shape index (κ2) is 27.3. The van der Waals surface area contributed by atoms with E-state index in [0.717, 1.165) is 56.8 Å². The zero-order chi connectivity index (χ0) is 32.3. The van der Waals surface area contributed by atoms with Gasteiger partial charge in [0.05, 0.1) is 29.8 Å². The molecule has 3 N–H and O–H groups in total. The SMILES string of the molecule is C=O.CC.CCCN.CCSC(=NCc1cn2n(c1=O)CCCC2)c1ccc(C(F)(F)F)cc1.CNC.COC=O. The minimum Gasteiger partial charge on any atom is -0.471 e. The average molecular weight is 608 g/mol. The number of benzene rings is 1. The highest BCUT2D eigenvalue weighted by atomic mass is 32.2. The summed E-state index contributed by atoms with van der Waals surface area (Å²) in [6, 6.07) is 4.99. The van der Waals surface area contributed by atoms with Crippen LogP contribution in [-0.4, -0.2) is 61.2 Å². The summed E-state index contributed by atoms with van der Waals surface area (Å²) in [5.74, 6) is 0.741. The molecule has 13 heteroatoms. The summed E-state index contributed by atoms with van der Waals surface area (Å²) in [5, 5.41) is 3.40. The van der Waals surface area contributed by atoms with Crippen molar-refractivity contribution in [1.82, 2.24) is 14.7 Å². The number of ether oxygens (including phenoxy) is 1. The minimum absolute atomic E-state index is 0.0262. The van der Waals surface area contributed by atoms with Crippen molar-refractivity contribution in [2.75, 3.05) is 33.5 Å². The molecule has 1 aliphatic heterocycles. The van der Waals surface area contributed by atoms with E-state index in [9.17, 15) is 18.0 Å². The molecule has 3 rings (SSSR count). The van der Waals surface area contributed by atoms with Gasteiger partial charge in [-0.2, -0.15) is 13.2 Å². The molecule has 1 aromatic carbocycles. The Morgan fingerprint density at radius 1 is 1.15 bits per heavy atom. The van der Waals surface area contributed by atoms with E-state index < -0.39 is 11.7 Å². The Kier molecular flexibility index (Phi) is 28.3. The van der Waals surface area contributed by atoms with Crippen LogP contribution in [0.5, 0.6) is 0 Å². The van der Waals surface area contributed by atoms with Crippen LogP contribution in [0.15, 0.2) is 40.2 Å². The zero-order valence-electron chi connectivity index (χ0n) is 25.4. The van der Waals surface area contributed by atoms with Gasteiger partial charge in [0, 0.05) is 24.8 Å². The molecule has 0 fully saturated rings. The topological polar surface area (TPSA) is 121 Å². The molecule has 0 saturated heterocycles. The van der Waals surface area contributed by atoms with Gasteiger partial charge in [0.1, 0.15) is 6.79 Å². The third kappa shape index (κ3) is 18.2. The van der Waals surface area contributed by atoms with Crippen molar-refractivity contribution in [2.24, 2.45) is 10.7 Å². The number of aliphatic imine (C=N–C) groups is 1. The van der Waals surface area contributed by atoms with Gasteiger partial charge in [0.15, 0.2) is 0 Å². The largest absolute Gasteiger partial charge is 0.471 e. The molecule has 2 heterocycles. The van der Waals surface area contributed by atoms with Crippen LogP contribution >= 0.6 is 11.8 Å². The van der Waals surface area contributed by atoms with Gasteiger partial charge >= 0.3 is 6.18 Å². The Bertz CT molecular complexity index is 992. The Morgan fingerprint density at radius 3 is 2.02 bits per heavy atom. The molecule has 2 aromatic rings. The molecule has 236 valence electrons. The van der Waals surface area contributed by atoms with Crippen molar-refractivity contribution in [3.8, 4) is 0 Å². The number of aromatic nitrogens is 2. The first-order chi connectivity index (χ1) is 19.6. The molecule has 41 heavy (non-hydrogen) atoms. The summed E-state index contributed by atoms with van der Waals surface area (Å²) in [5.41, 5.74) is 5.57. The zero-order valence-corrected chi connectivity index (χ0v) is 26.2. The molecular weight excluding hydrogens is 559 g/mol. The van der Waals surface area contributed by atoms with Crippen molar-refractivity contribution in [2.45, 2.75) is 72.8 Å². The van der Waals surface area contributed by atoms with Gasteiger partial charge in [-0.1, -0.05) is 39.8 Å². The number of aryl methyl sites for hydroxylation is 1. The molecule has 1 aromatic heterocycles. The summed E-state index contributed by atoms with van der Waals surface area (Å²) in [4.78, 5) is 33.9. The number of nitrogens with two attached hydrogens (primary N) is 1. The fraction of sp³-hybridized carbons (Fsp3) is 0.571. The van der Waals surface area contributed by atoms with Crippen LogP contribution in [0.3, 0.4) is 0 Å². The Morgan fingerprint density at radius 2 is 1.63 bits per heavy atom. The number of alkyl halides is 3. The summed E-state index contributed by atoms with van der Waals surface area (Å²) in [7, 11) is 5.06. The van der Waals surface area contributed by atoms with E-state index in [-0.39, 0.29) is 12.1 Å². The maximum absolute atomic E-state index is 12.7. The number of carbonyl (C=O) groups excluding carboxylic acids is 2. The minimum atomic E-state index is -4.35. The number of nitrogens with zero attached hydrogens (tertiary/aromatic N) is 3. The van der Waals surface area contributed by atoms with Crippen molar-refractivity contribution >= 4 is 30.1 Å². The number of rotatable bonds is 6. The molecule has 0 saturated carbocycles. The second-order valence-electron chi connectivity index (χ2n) is 7.70. The van der Waals surface area contributed by atoms with E-state index in [1.54, 1.807) is 4.68 Å². The van der Waals surface area contributed by atoms with Gasteiger partial charge < -0.3 is 20.6 Å². The van der Waals surface area contributed by atoms with Crippen LogP contribution in [0.4, 0.5) is 13.2 Å². The van der Waals surface area contributed by atoms with Crippen molar-refractivity contribution in [1.29, 1.82) is 0 Å². The van der Waals surface area contributed by atoms with E-state index in [1.807, 2.05) is 52.5 Å². The van der Waals surface area contributed by atoms with Crippen LogP contribution in [0.25, 0.3) is 0 Å². The summed E-state index contributed by atoms with van der Waals surface area (Å²) in [6.07, 6.45) is 0.633. The summed E-state index contributed by atoms with van der Waals surface area (Å²) in [6.45, 7) is 13.0. The number of thioether (sulfide) groups is 1. The van der Waals surface area contributed by atoms with Gasteiger partial charge in [0.25, 0.3) is 12.0 Å². The molecule has 0 unspecified atom stereocenters. The first-order valence-electron chi connectivity index (χ1n) is 13.3. The third-order valence-corrected chi connectivity index (χ3v) is 5.58. The van der Waals surface area contributed by atoms with Crippen LogP contribution < -0.4 is 16.6 Å². The maximum Gasteiger partial charge on any atom is 0.416 e. The summed E-state index contributed by atoms with van der Waals surface area (Å²) < 4.78 is 45.7. The highest BCUT2D eigenvalue weighted by Crippen LogP contribution is 2.29. The van der Waals surface area contributed by atoms with Crippen LogP contribution in [0.1, 0.15) is 63.6 Å². The lowest BCUT2D eigenvalue weighted by Crippen LogP contribution is -2.27. The Balaban J connectivity index is -0.000000810. The third-order valence-electron chi connectivity index (χ3n) is 4.65. The van der Waals surface area contributed by atoms with Crippen molar-refractivity contribution < 1.29 is 27.5 Å². The number of halogens is 3. The van der Waals surface area contributed by atoms with Crippen LogP contribution in [0.2, 0.25) is 0 Å². The maximum atomic E-state index is 12.7. The second-order valence-corrected chi connectivity index (χ2v) is 8.96. The van der Waals surface area contributed by atoms with Gasteiger partial charge in [-0.15, -0.1) is 11.8 Å². The van der Waals surface area contributed by atoms with Gasteiger partial charge in [0.2, 0.25) is 0 Å². The number of hydrogen-bond acceptors (Lipinski definition) is 8. The van der Waals surface area contributed by atoms with E-state index in [1.165, 1.54) is 31.0 Å². The molecular formula is C28H48F3N5O4S. The van der Waals surface area contributed by atoms with Gasteiger partial charge in [-0.25, -0.2) is 0 Å². The molecule has 0 aliphatic carbocycles. The quantitative estimate of drug-likeness (QED) is 0.270. The first kappa shape index (κ1) is 42.6. The summed E-state index contributed by atoms with van der Waals surface area (Å²) >= 11 is 1.46. The van der Waals surface area contributed by atoms with Gasteiger partial charge in [-0.3, -0.25) is 23.9 Å². The van der Waals surface area contributed by atoms with Gasteiger partial charge in [-0.05, 0) is 57.8 Å². The highest BCUT2D eigenvalue weighted by Gasteiger charge is 2.30. The monoisotopic (exact) mass is 607 g/mol. The smallest absolute Gasteiger partial charge is 0.416 e. The molecule has 9 nitrogen and oxygen atoms in total. The number of fused-ring (bicyclic) bond motifs is 1. The van der Waals surface area contributed by atoms with E-state index >= 15 is 0 Å².